The summed E-state index contributed by atoms with van der Waals surface area (Å²) in [7, 11) is 1.63. The van der Waals surface area contributed by atoms with Crippen molar-refractivity contribution in [3.8, 4) is 5.75 Å². The van der Waals surface area contributed by atoms with E-state index in [-0.39, 0.29) is 5.91 Å². The molecule has 0 spiro atoms. The lowest BCUT2D eigenvalue weighted by Crippen LogP contribution is -2.45. The molecule has 0 unspecified atom stereocenters. The van der Waals surface area contributed by atoms with Crippen LogP contribution in [0.4, 0.5) is 0 Å². The molecule has 1 saturated heterocycles. The Bertz CT molecular complexity index is 773. The molecule has 1 heterocycles. The Kier molecular flexibility index (Phi) is 5.43. The Labute approximate surface area is 154 Å². The van der Waals surface area contributed by atoms with Gasteiger partial charge in [0.25, 0.3) is 0 Å². The van der Waals surface area contributed by atoms with E-state index >= 15 is 0 Å². The molecule has 1 N–H and O–H groups in total. The number of hydrogen-bond donors (Lipinski definition) is 1. The monoisotopic (exact) mass is 351 g/mol. The number of aliphatic hydroxyl groups is 1. The maximum atomic E-state index is 12.7. The summed E-state index contributed by atoms with van der Waals surface area (Å²) in [4.78, 5) is 14.6. The second kappa shape index (κ2) is 7.75. The van der Waals surface area contributed by atoms with E-state index < -0.39 is 5.60 Å². The number of amides is 1. The Balaban J connectivity index is 1.65. The Hall–Kier alpha value is -2.59. The minimum Gasteiger partial charge on any atom is -0.497 e. The molecule has 4 nitrogen and oxygen atoms in total. The topological polar surface area (TPSA) is 49.8 Å². The van der Waals surface area contributed by atoms with Crippen LogP contribution in [0.3, 0.4) is 0 Å². The maximum Gasteiger partial charge on any atom is 0.249 e. The standard InChI is InChI=1S/C22H25NO3/c1-17(16-18-8-10-20(26-2)11-9-18)21(24)23-14-12-22(25,13-15-23)19-6-4-3-5-7-19/h3-11,16,25H,12-15H2,1-2H3. The molecule has 0 aliphatic carbocycles. The van der Waals surface area contributed by atoms with E-state index in [1.807, 2.05) is 72.5 Å². The number of carbonyl (C=O) groups is 1. The fourth-order valence-electron chi connectivity index (χ4n) is 3.38. The zero-order valence-electron chi connectivity index (χ0n) is 15.3. The molecule has 4 heteroatoms. The van der Waals surface area contributed by atoms with Crippen LogP contribution in [0.25, 0.3) is 6.08 Å². The van der Waals surface area contributed by atoms with Gasteiger partial charge in [-0.25, -0.2) is 0 Å². The average molecular weight is 351 g/mol. The van der Waals surface area contributed by atoms with Crippen LogP contribution >= 0.6 is 0 Å². The third-order valence-corrected chi connectivity index (χ3v) is 5.03. The molecule has 0 atom stereocenters. The summed E-state index contributed by atoms with van der Waals surface area (Å²) in [6, 6.07) is 17.3. The van der Waals surface area contributed by atoms with Gasteiger partial charge in [0.1, 0.15) is 5.75 Å². The van der Waals surface area contributed by atoms with Gasteiger partial charge in [-0.3, -0.25) is 4.79 Å². The molecule has 1 aliphatic heterocycles. The van der Waals surface area contributed by atoms with Gasteiger partial charge in [0.15, 0.2) is 0 Å². The van der Waals surface area contributed by atoms with Crippen molar-refractivity contribution in [2.45, 2.75) is 25.4 Å². The molecule has 0 radical (unpaired) electrons. The molecule has 0 bridgehead atoms. The van der Waals surface area contributed by atoms with Crippen molar-refractivity contribution in [1.29, 1.82) is 0 Å². The lowest BCUT2D eigenvalue weighted by atomic mass is 9.84. The van der Waals surface area contributed by atoms with Gasteiger partial charge in [-0.1, -0.05) is 42.5 Å². The van der Waals surface area contributed by atoms with E-state index in [0.717, 1.165) is 16.9 Å². The van der Waals surface area contributed by atoms with Crippen LogP contribution in [0.2, 0.25) is 0 Å². The van der Waals surface area contributed by atoms with Gasteiger partial charge in [-0.05, 0) is 49.1 Å². The highest BCUT2D eigenvalue weighted by atomic mass is 16.5. The number of rotatable bonds is 4. The number of likely N-dealkylation sites (tertiary alicyclic amines) is 1. The average Bonchev–Trinajstić information content (AvgIpc) is 2.69. The van der Waals surface area contributed by atoms with Crippen molar-refractivity contribution in [1.82, 2.24) is 4.90 Å². The van der Waals surface area contributed by atoms with Gasteiger partial charge < -0.3 is 14.7 Å². The van der Waals surface area contributed by atoms with Crippen molar-refractivity contribution in [3.63, 3.8) is 0 Å². The van der Waals surface area contributed by atoms with Crippen LogP contribution < -0.4 is 4.74 Å². The highest BCUT2D eigenvalue weighted by molar-refractivity contribution is 5.97. The van der Waals surface area contributed by atoms with Crippen LogP contribution in [0.15, 0.2) is 60.2 Å². The number of benzene rings is 2. The fourth-order valence-corrected chi connectivity index (χ4v) is 3.38. The predicted octanol–water partition coefficient (Wildman–Crippen LogP) is 3.61. The third-order valence-electron chi connectivity index (χ3n) is 5.03. The highest BCUT2D eigenvalue weighted by Crippen LogP contribution is 2.33. The second-order valence-corrected chi connectivity index (χ2v) is 6.79. The Morgan fingerprint density at radius 3 is 2.27 bits per heavy atom. The zero-order chi connectivity index (χ0) is 18.6. The van der Waals surface area contributed by atoms with Crippen LogP contribution in [-0.2, 0) is 10.4 Å². The molecule has 2 aromatic carbocycles. The predicted molar refractivity (Wildman–Crippen MR) is 103 cm³/mol. The number of carbonyl (C=O) groups excluding carboxylic acids is 1. The molecule has 0 aromatic heterocycles. The molecule has 1 fully saturated rings. The fraction of sp³-hybridized carbons (Fsp3) is 0.318. The molecule has 1 aliphatic rings. The van der Waals surface area contributed by atoms with E-state index in [0.29, 0.717) is 31.5 Å². The Morgan fingerprint density at radius 1 is 1.08 bits per heavy atom. The highest BCUT2D eigenvalue weighted by Gasteiger charge is 2.35. The summed E-state index contributed by atoms with van der Waals surface area (Å²) < 4.78 is 5.15. The number of hydrogen-bond acceptors (Lipinski definition) is 3. The second-order valence-electron chi connectivity index (χ2n) is 6.79. The van der Waals surface area contributed by atoms with Gasteiger partial charge in [-0.2, -0.15) is 0 Å². The lowest BCUT2D eigenvalue weighted by Gasteiger charge is -2.38. The van der Waals surface area contributed by atoms with Gasteiger partial charge in [-0.15, -0.1) is 0 Å². The molecule has 0 saturated carbocycles. The minimum atomic E-state index is -0.842. The van der Waals surface area contributed by atoms with Crippen LogP contribution in [-0.4, -0.2) is 36.1 Å². The normalized spacial score (nSPS) is 17.0. The largest absolute Gasteiger partial charge is 0.497 e. The number of ether oxygens (including phenoxy) is 1. The van der Waals surface area contributed by atoms with Crippen molar-refractivity contribution in [3.05, 3.63) is 71.3 Å². The van der Waals surface area contributed by atoms with Crippen LogP contribution in [0.5, 0.6) is 5.75 Å². The maximum absolute atomic E-state index is 12.7. The van der Waals surface area contributed by atoms with Crippen LogP contribution in [0, 0.1) is 0 Å². The van der Waals surface area contributed by atoms with Gasteiger partial charge in [0.05, 0.1) is 12.7 Å². The minimum absolute atomic E-state index is 0.0240. The summed E-state index contributed by atoms with van der Waals surface area (Å²) in [6.07, 6.45) is 3.00. The first-order chi connectivity index (χ1) is 12.5. The van der Waals surface area contributed by atoms with E-state index in [2.05, 4.69) is 0 Å². The summed E-state index contributed by atoms with van der Waals surface area (Å²) in [6.45, 7) is 2.95. The third kappa shape index (κ3) is 3.97. The van der Waals surface area contributed by atoms with E-state index in [1.54, 1.807) is 7.11 Å². The SMILES string of the molecule is COc1ccc(C=C(C)C(=O)N2CCC(O)(c3ccccc3)CC2)cc1. The van der Waals surface area contributed by atoms with Crippen molar-refractivity contribution in [2.75, 3.05) is 20.2 Å². The number of piperidine rings is 1. The quantitative estimate of drug-likeness (QED) is 0.856. The molecular formula is C22H25NO3. The smallest absolute Gasteiger partial charge is 0.249 e. The first-order valence-electron chi connectivity index (χ1n) is 8.91. The molecule has 3 rings (SSSR count). The first kappa shape index (κ1) is 18.2. The molecule has 2 aromatic rings. The lowest BCUT2D eigenvalue weighted by molar-refractivity contribution is -0.131. The Morgan fingerprint density at radius 2 is 1.69 bits per heavy atom. The number of nitrogens with zero attached hydrogens (tertiary/aromatic N) is 1. The molecule has 1 amide bonds. The summed E-state index contributed by atoms with van der Waals surface area (Å²) >= 11 is 0. The molecule has 26 heavy (non-hydrogen) atoms. The van der Waals surface area contributed by atoms with Crippen LogP contribution in [0.1, 0.15) is 30.9 Å². The van der Waals surface area contributed by atoms with Gasteiger partial charge in [0, 0.05) is 18.7 Å². The van der Waals surface area contributed by atoms with Crippen molar-refractivity contribution in [2.24, 2.45) is 0 Å². The zero-order valence-corrected chi connectivity index (χ0v) is 15.3. The molecular weight excluding hydrogens is 326 g/mol. The van der Waals surface area contributed by atoms with E-state index in [9.17, 15) is 9.90 Å². The van der Waals surface area contributed by atoms with Gasteiger partial charge >= 0.3 is 0 Å². The van der Waals surface area contributed by atoms with Crippen molar-refractivity contribution >= 4 is 12.0 Å². The van der Waals surface area contributed by atoms with E-state index in [4.69, 9.17) is 4.74 Å². The summed E-state index contributed by atoms with van der Waals surface area (Å²) in [5.41, 5.74) is 1.75. The summed E-state index contributed by atoms with van der Waals surface area (Å²) in [5.74, 6) is 0.818. The van der Waals surface area contributed by atoms with Gasteiger partial charge in [0.2, 0.25) is 5.91 Å². The number of methoxy groups -OCH3 is 1. The van der Waals surface area contributed by atoms with Crippen molar-refractivity contribution < 1.29 is 14.6 Å². The first-order valence-corrected chi connectivity index (χ1v) is 8.91. The summed E-state index contributed by atoms with van der Waals surface area (Å²) in [5, 5.41) is 10.9. The van der Waals surface area contributed by atoms with E-state index in [1.165, 1.54) is 0 Å². The molecule has 136 valence electrons.